The van der Waals surface area contributed by atoms with Gasteiger partial charge in [-0.25, -0.2) is 0 Å². The Bertz CT molecular complexity index is 1360. The second-order valence-electron chi connectivity index (χ2n) is 7.27. The molecule has 148 valence electrons. The van der Waals surface area contributed by atoms with Gasteiger partial charge < -0.3 is 9.47 Å². The van der Waals surface area contributed by atoms with E-state index in [0.717, 1.165) is 27.8 Å². The minimum atomic E-state index is -0.339. The van der Waals surface area contributed by atoms with Gasteiger partial charge in [0.25, 0.3) is 0 Å². The van der Waals surface area contributed by atoms with Crippen LogP contribution in [-0.4, -0.2) is 13.2 Å². The molecule has 2 nitrogen and oxygen atoms in total. The maximum Gasteiger partial charge on any atom is 0.185 e. The Morgan fingerprint density at radius 2 is 1.13 bits per heavy atom. The fraction of sp³-hybridized carbons (Fsp3) is 0.103. The SMILES string of the molecule is C(#Cc1ccccc1C#Cc1ccccc1C1OCCO1)c1ccc2ccccc2c1. The molecule has 0 spiro atoms. The standard InChI is InChI=1S/C29H20O2/c1-2-8-24(17-18-26-10-5-6-12-28(26)29-30-19-20-31-29)23(7-1)15-13-22-14-16-25-9-3-4-11-27(25)21-22/h1-12,14,16,21,29H,19-20H2. The third kappa shape index (κ3) is 4.37. The van der Waals surface area contributed by atoms with Gasteiger partial charge in [-0.2, -0.15) is 0 Å². The van der Waals surface area contributed by atoms with Crippen LogP contribution in [0.2, 0.25) is 0 Å². The molecule has 0 unspecified atom stereocenters. The molecule has 4 aromatic rings. The molecule has 0 atom stereocenters. The van der Waals surface area contributed by atoms with E-state index in [-0.39, 0.29) is 6.29 Å². The lowest BCUT2D eigenvalue weighted by molar-refractivity contribution is -0.0442. The highest BCUT2D eigenvalue weighted by atomic mass is 16.7. The van der Waals surface area contributed by atoms with Gasteiger partial charge in [-0.3, -0.25) is 0 Å². The zero-order valence-corrected chi connectivity index (χ0v) is 17.0. The predicted octanol–water partition coefficient (Wildman–Crippen LogP) is 5.68. The first-order chi connectivity index (χ1) is 15.4. The highest BCUT2D eigenvalue weighted by Gasteiger charge is 2.20. The fourth-order valence-electron chi connectivity index (χ4n) is 3.60. The number of ether oxygens (including phenoxy) is 2. The van der Waals surface area contributed by atoms with Crippen LogP contribution in [0.5, 0.6) is 0 Å². The summed E-state index contributed by atoms with van der Waals surface area (Å²) in [5, 5.41) is 2.41. The van der Waals surface area contributed by atoms with E-state index < -0.39 is 0 Å². The van der Waals surface area contributed by atoms with E-state index in [4.69, 9.17) is 9.47 Å². The van der Waals surface area contributed by atoms with E-state index in [1.807, 2.05) is 60.7 Å². The maximum absolute atomic E-state index is 5.66. The summed E-state index contributed by atoms with van der Waals surface area (Å²) in [6, 6.07) is 30.5. The number of hydrogen-bond acceptors (Lipinski definition) is 2. The molecule has 1 heterocycles. The molecule has 5 rings (SSSR count). The van der Waals surface area contributed by atoms with Crippen molar-refractivity contribution in [1.82, 2.24) is 0 Å². The molecule has 0 bridgehead atoms. The summed E-state index contributed by atoms with van der Waals surface area (Å²) in [5.74, 6) is 13.2. The Morgan fingerprint density at radius 1 is 0.548 bits per heavy atom. The molecule has 1 fully saturated rings. The lowest BCUT2D eigenvalue weighted by Gasteiger charge is -2.10. The zero-order chi connectivity index (χ0) is 20.9. The third-order valence-corrected chi connectivity index (χ3v) is 5.19. The Balaban J connectivity index is 1.46. The Morgan fingerprint density at radius 3 is 1.90 bits per heavy atom. The lowest BCUT2D eigenvalue weighted by atomic mass is 10.0. The van der Waals surface area contributed by atoms with Crippen molar-refractivity contribution in [1.29, 1.82) is 0 Å². The van der Waals surface area contributed by atoms with Gasteiger partial charge in [-0.1, -0.05) is 84.3 Å². The molecular weight excluding hydrogens is 380 g/mol. The number of benzene rings is 4. The lowest BCUT2D eigenvalue weighted by Crippen LogP contribution is -2.00. The van der Waals surface area contributed by atoms with E-state index in [1.165, 1.54) is 10.8 Å². The van der Waals surface area contributed by atoms with Gasteiger partial charge in [0.2, 0.25) is 0 Å². The van der Waals surface area contributed by atoms with E-state index in [1.54, 1.807) is 0 Å². The normalized spacial score (nSPS) is 13.3. The van der Waals surface area contributed by atoms with Gasteiger partial charge in [0.05, 0.1) is 13.2 Å². The molecule has 31 heavy (non-hydrogen) atoms. The summed E-state index contributed by atoms with van der Waals surface area (Å²) < 4.78 is 11.3. The van der Waals surface area contributed by atoms with Crippen LogP contribution in [-0.2, 0) is 9.47 Å². The number of rotatable bonds is 1. The van der Waals surface area contributed by atoms with Crippen LogP contribution in [0.25, 0.3) is 10.8 Å². The summed E-state index contributed by atoms with van der Waals surface area (Å²) in [5.41, 5.74) is 4.68. The van der Waals surface area contributed by atoms with Crippen LogP contribution in [0, 0.1) is 23.7 Å². The van der Waals surface area contributed by atoms with E-state index in [9.17, 15) is 0 Å². The third-order valence-electron chi connectivity index (χ3n) is 5.19. The molecule has 4 aromatic carbocycles. The van der Waals surface area contributed by atoms with Gasteiger partial charge in [-0.05, 0) is 41.1 Å². The van der Waals surface area contributed by atoms with Crippen molar-refractivity contribution in [3.8, 4) is 23.7 Å². The Kier molecular flexibility index (Phi) is 5.50. The van der Waals surface area contributed by atoms with E-state index >= 15 is 0 Å². The average molecular weight is 400 g/mol. The van der Waals surface area contributed by atoms with Gasteiger partial charge >= 0.3 is 0 Å². The van der Waals surface area contributed by atoms with Crippen molar-refractivity contribution in [3.63, 3.8) is 0 Å². The van der Waals surface area contributed by atoms with Gasteiger partial charge in [0, 0.05) is 27.8 Å². The zero-order valence-electron chi connectivity index (χ0n) is 17.0. The predicted molar refractivity (Wildman–Crippen MR) is 123 cm³/mol. The minimum Gasteiger partial charge on any atom is -0.346 e. The minimum absolute atomic E-state index is 0.339. The van der Waals surface area contributed by atoms with Crippen molar-refractivity contribution < 1.29 is 9.47 Å². The molecular formula is C29H20O2. The van der Waals surface area contributed by atoms with Gasteiger partial charge in [0.15, 0.2) is 6.29 Å². The maximum atomic E-state index is 5.66. The molecule has 0 saturated carbocycles. The summed E-state index contributed by atoms with van der Waals surface area (Å²) >= 11 is 0. The van der Waals surface area contributed by atoms with Crippen molar-refractivity contribution in [3.05, 3.63) is 119 Å². The molecule has 1 aliphatic rings. The molecule has 2 heteroatoms. The van der Waals surface area contributed by atoms with Crippen molar-refractivity contribution >= 4 is 10.8 Å². The average Bonchev–Trinajstić information content (AvgIpc) is 3.37. The van der Waals surface area contributed by atoms with Gasteiger partial charge in [-0.15, -0.1) is 0 Å². The van der Waals surface area contributed by atoms with Gasteiger partial charge in [0.1, 0.15) is 0 Å². The summed E-state index contributed by atoms with van der Waals surface area (Å²) in [6.45, 7) is 1.22. The Hall–Kier alpha value is -3.82. The first-order valence-electron chi connectivity index (χ1n) is 10.3. The molecule has 0 amide bonds. The van der Waals surface area contributed by atoms with Crippen molar-refractivity contribution in [2.24, 2.45) is 0 Å². The summed E-state index contributed by atoms with van der Waals surface area (Å²) in [6.07, 6.45) is -0.339. The molecule has 1 saturated heterocycles. The molecule has 0 N–H and O–H groups in total. The van der Waals surface area contributed by atoms with E-state index in [2.05, 4.69) is 54.0 Å². The molecule has 1 aliphatic heterocycles. The van der Waals surface area contributed by atoms with Crippen LogP contribution in [0.3, 0.4) is 0 Å². The van der Waals surface area contributed by atoms with Crippen molar-refractivity contribution in [2.45, 2.75) is 6.29 Å². The monoisotopic (exact) mass is 400 g/mol. The molecule has 0 aromatic heterocycles. The quantitative estimate of drug-likeness (QED) is 0.383. The largest absolute Gasteiger partial charge is 0.346 e. The van der Waals surface area contributed by atoms with E-state index in [0.29, 0.717) is 13.2 Å². The highest BCUT2D eigenvalue weighted by Crippen LogP contribution is 2.26. The molecule has 0 radical (unpaired) electrons. The van der Waals surface area contributed by atoms with Crippen LogP contribution >= 0.6 is 0 Å². The smallest absolute Gasteiger partial charge is 0.185 e. The second-order valence-corrected chi connectivity index (χ2v) is 7.27. The second kappa shape index (κ2) is 8.90. The topological polar surface area (TPSA) is 18.5 Å². The first-order valence-corrected chi connectivity index (χ1v) is 10.3. The highest BCUT2D eigenvalue weighted by molar-refractivity contribution is 5.83. The Labute approximate surface area is 182 Å². The first kappa shape index (κ1) is 19.2. The number of hydrogen-bond donors (Lipinski definition) is 0. The fourth-order valence-corrected chi connectivity index (χ4v) is 3.60. The number of fused-ring (bicyclic) bond motifs is 1. The van der Waals surface area contributed by atoms with Crippen molar-refractivity contribution in [2.75, 3.05) is 13.2 Å². The van der Waals surface area contributed by atoms with Crippen LogP contribution in [0.15, 0.2) is 91.0 Å². The summed E-state index contributed by atoms with van der Waals surface area (Å²) in [4.78, 5) is 0. The van der Waals surface area contributed by atoms with Crippen LogP contribution in [0.1, 0.15) is 34.1 Å². The van der Waals surface area contributed by atoms with Crippen LogP contribution < -0.4 is 0 Å². The van der Waals surface area contributed by atoms with Crippen LogP contribution in [0.4, 0.5) is 0 Å². The summed E-state index contributed by atoms with van der Waals surface area (Å²) in [7, 11) is 0. The molecule has 0 aliphatic carbocycles.